The number of aromatic nitrogens is 1. The lowest BCUT2D eigenvalue weighted by Gasteiger charge is -2.36. The van der Waals surface area contributed by atoms with Crippen molar-refractivity contribution in [2.75, 3.05) is 18.4 Å². The van der Waals surface area contributed by atoms with Gasteiger partial charge in [-0.2, -0.15) is 4.37 Å². The van der Waals surface area contributed by atoms with E-state index in [1.165, 1.54) is 11.5 Å². The fourth-order valence-corrected chi connectivity index (χ4v) is 6.22. The van der Waals surface area contributed by atoms with Crippen LogP contribution in [0.3, 0.4) is 0 Å². The van der Waals surface area contributed by atoms with Crippen LogP contribution in [0.4, 0.5) is 18.6 Å². The SMILES string of the molecule is O=C(Nc1ccns1)N1CCC(C2(S(=O)c3cc(F)cc(F)c3)CC2)CC1. The largest absolute Gasteiger partial charge is 0.324 e. The monoisotopic (exact) mass is 411 g/mol. The zero-order valence-corrected chi connectivity index (χ0v) is 16.1. The molecule has 1 unspecified atom stereocenters. The van der Waals surface area contributed by atoms with Gasteiger partial charge in [-0.05, 0) is 61.3 Å². The summed E-state index contributed by atoms with van der Waals surface area (Å²) in [4.78, 5) is 14.3. The van der Waals surface area contributed by atoms with E-state index in [-0.39, 0.29) is 16.8 Å². The number of nitrogens with zero attached hydrogens (tertiary/aromatic N) is 2. The van der Waals surface area contributed by atoms with Gasteiger partial charge in [-0.15, -0.1) is 0 Å². The molecule has 1 atom stereocenters. The van der Waals surface area contributed by atoms with Crippen molar-refractivity contribution in [1.82, 2.24) is 9.27 Å². The molecule has 1 N–H and O–H groups in total. The van der Waals surface area contributed by atoms with Gasteiger partial charge in [-0.1, -0.05) is 0 Å². The van der Waals surface area contributed by atoms with E-state index in [1.54, 1.807) is 17.2 Å². The fourth-order valence-electron chi connectivity index (χ4n) is 3.81. The predicted octanol–water partition coefficient (Wildman–Crippen LogP) is 4.01. The molecule has 2 fully saturated rings. The number of halogens is 2. The van der Waals surface area contributed by atoms with Gasteiger partial charge >= 0.3 is 6.03 Å². The van der Waals surface area contributed by atoms with E-state index in [4.69, 9.17) is 0 Å². The first-order chi connectivity index (χ1) is 13.0. The molecule has 2 amide bonds. The van der Waals surface area contributed by atoms with Crippen LogP contribution in [0.2, 0.25) is 0 Å². The topological polar surface area (TPSA) is 62.3 Å². The number of benzene rings is 1. The molecular weight excluding hydrogens is 392 g/mol. The second-order valence-corrected chi connectivity index (χ2v) is 9.66. The van der Waals surface area contributed by atoms with Crippen molar-refractivity contribution >= 4 is 33.4 Å². The van der Waals surface area contributed by atoms with E-state index >= 15 is 0 Å². The molecule has 0 radical (unpaired) electrons. The Balaban J connectivity index is 1.40. The van der Waals surface area contributed by atoms with Crippen LogP contribution >= 0.6 is 11.5 Å². The Morgan fingerprint density at radius 3 is 2.44 bits per heavy atom. The lowest BCUT2D eigenvalue weighted by Crippen LogP contribution is -2.44. The van der Waals surface area contributed by atoms with E-state index in [9.17, 15) is 17.8 Å². The molecule has 1 saturated heterocycles. The predicted molar refractivity (Wildman–Crippen MR) is 100 cm³/mol. The molecule has 1 aromatic carbocycles. The summed E-state index contributed by atoms with van der Waals surface area (Å²) in [5.74, 6) is -1.23. The normalized spacial score (nSPS) is 20.3. The minimum atomic E-state index is -1.45. The quantitative estimate of drug-likeness (QED) is 0.827. The van der Waals surface area contributed by atoms with Crippen LogP contribution in [-0.4, -0.2) is 37.3 Å². The average Bonchev–Trinajstić information content (AvgIpc) is 3.31. The number of piperidine rings is 1. The van der Waals surface area contributed by atoms with Crippen LogP contribution < -0.4 is 5.32 Å². The van der Waals surface area contributed by atoms with Crippen molar-refractivity contribution in [1.29, 1.82) is 0 Å². The Morgan fingerprint density at radius 1 is 1.22 bits per heavy atom. The highest BCUT2D eigenvalue weighted by atomic mass is 32.2. The van der Waals surface area contributed by atoms with Crippen molar-refractivity contribution < 1.29 is 17.8 Å². The van der Waals surface area contributed by atoms with E-state index in [0.29, 0.717) is 18.1 Å². The summed E-state index contributed by atoms with van der Waals surface area (Å²) < 4.78 is 43.6. The van der Waals surface area contributed by atoms with Crippen LogP contribution in [0, 0.1) is 17.6 Å². The lowest BCUT2D eigenvalue weighted by molar-refractivity contribution is 0.179. The van der Waals surface area contributed by atoms with Gasteiger partial charge in [-0.25, -0.2) is 13.6 Å². The standard InChI is InChI=1S/C18H19F2N3O2S2/c19-13-9-14(20)11-15(10-13)27(25)18(4-5-18)12-2-7-23(8-3-12)17(24)22-16-1-6-21-26-16/h1,6,9-12H,2-5,7-8H2,(H,22,24). The highest BCUT2D eigenvalue weighted by Crippen LogP contribution is 2.53. The molecule has 1 aromatic heterocycles. The average molecular weight is 411 g/mol. The van der Waals surface area contributed by atoms with Crippen molar-refractivity contribution in [3.05, 3.63) is 42.1 Å². The van der Waals surface area contributed by atoms with Crippen molar-refractivity contribution in [3.8, 4) is 0 Å². The smallest absolute Gasteiger partial charge is 0.322 e. The summed E-state index contributed by atoms with van der Waals surface area (Å²) in [7, 11) is -1.45. The maximum atomic E-state index is 13.5. The number of urea groups is 1. The van der Waals surface area contributed by atoms with Crippen LogP contribution in [0.5, 0.6) is 0 Å². The summed E-state index contributed by atoms with van der Waals surface area (Å²) in [6, 6.07) is 4.71. The number of anilines is 1. The van der Waals surface area contributed by atoms with Crippen LogP contribution in [-0.2, 0) is 10.8 Å². The highest BCUT2D eigenvalue weighted by molar-refractivity contribution is 7.86. The minimum Gasteiger partial charge on any atom is -0.324 e. The minimum absolute atomic E-state index is 0.157. The molecule has 1 aliphatic carbocycles. The van der Waals surface area contributed by atoms with Gasteiger partial charge in [0.1, 0.15) is 16.6 Å². The zero-order chi connectivity index (χ0) is 19.0. The molecule has 0 spiro atoms. The second kappa shape index (κ2) is 7.27. The molecule has 2 heterocycles. The van der Waals surface area contributed by atoms with Gasteiger partial charge in [0.15, 0.2) is 0 Å². The fraction of sp³-hybridized carbons (Fsp3) is 0.444. The number of carbonyl (C=O) groups is 1. The summed E-state index contributed by atoms with van der Waals surface area (Å²) in [5.41, 5.74) is 0. The number of likely N-dealkylation sites (tertiary alicyclic amines) is 1. The summed E-state index contributed by atoms with van der Waals surface area (Å²) >= 11 is 1.22. The second-order valence-electron chi connectivity index (χ2n) is 7.01. The van der Waals surface area contributed by atoms with Crippen LogP contribution in [0.15, 0.2) is 35.4 Å². The van der Waals surface area contributed by atoms with Gasteiger partial charge in [0.05, 0.1) is 15.5 Å². The Labute approximate surface area is 162 Å². The Kier molecular flexibility index (Phi) is 4.98. The molecule has 27 heavy (non-hydrogen) atoms. The first-order valence-corrected chi connectivity index (χ1v) is 10.7. The molecule has 1 aliphatic heterocycles. The Hall–Kier alpha value is -1.87. The van der Waals surface area contributed by atoms with Gasteiger partial charge in [-0.3, -0.25) is 9.53 Å². The number of rotatable bonds is 4. The maximum absolute atomic E-state index is 13.5. The summed E-state index contributed by atoms with van der Waals surface area (Å²) in [5, 5.41) is 3.53. The van der Waals surface area contributed by atoms with Gasteiger partial charge in [0, 0.05) is 30.2 Å². The van der Waals surface area contributed by atoms with Gasteiger partial charge in [0.25, 0.3) is 0 Å². The van der Waals surface area contributed by atoms with Crippen molar-refractivity contribution in [3.63, 3.8) is 0 Å². The molecular formula is C18H19F2N3O2S2. The van der Waals surface area contributed by atoms with Crippen LogP contribution in [0.25, 0.3) is 0 Å². The molecule has 4 rings (SSSR count). The van der Waals surface area contributed by atoms with Gasteiger partial charge in [0.2, 0.25) is 0 Å². The first-order valence-electron chi connectivity index (χ1n) is 8.82. The number of nitrogens with one attached hydrogen (secondary N) is 1. The summed E-state index contributed by atoms with van der Waals surface area (Å²) in [6.45, 7) is 1.15. The number of hydrogen-bond donors (Lipinski definition) is 1. The molecule has 0 bridgehead atoms. The molecule has 5 nitrogen and oxygen atoms in total. The van der Waals surface area contributed by atoms with E-state index < -0.39 is 27.2 Å². The number of hydrogen-bond acceptors (Lipinski definition) is 4. The molecule has 2 aromatic rings. The molecule has 144 valence electrons. The molecule has 1 saturated carbocycles. The van der Waals surface area contributed by atoms with E-state index in [1.807, 2.05) is 0 Å². The number of amides is 2. The first kappa shape index (κ1) is 18.5. The highest BCUT2D eigenvalue weighted by Gasteiger charge is 2.55. The van der Waals surface area contributed by atoms with Crippen molar-refractivity contribution in [2.24, 2.45) is 5.92 Å². The lowest BCUT2D eigenvalue weighted by atomic mass is 9.91. The molecule has 9 heteroatoms. The third-order valence-electron chi connectivity index (χ3n) is 5.36. The van der Waals surface area contributed by atoms with Crippen LogP contribution in [0.1, 0.15) is 25.7 Å². The maximum Gasteiger partial charge on any atom is 0.322 e. The van der Waals surface area contributed by atoms with Crippen molar-refractivity contribution in [2.45, 2.75) is 35.3 Å². The van der Waals surface area contributed by atoms with Gasteiger partial charge < -0.3 is 4.90 Å². The number of carbonyl (C=O) groups excluding carboxylic acids is 1. The Morgan fingerprint density at radius 2 is 1.89 bits per heavy atom. The Bertz CT molecular complexity index is 843. The summed E-state index contributed by atoms with van der Waals surface area (Å²) in [6.07, 6.45) is 4.68. The van der Waals surface area contributed by atoms with E-state index in [2.05, 4.69) is 9.69 Å². The third kappa shape index (κ3) is 3.75. The molecule has 2 aliphatic rings. The zero-order valence-electron chi connectivity index (χ0n) is 14.5. The third-order valence-corrected chi connectivity index (χ3v) is 8.16. The van der Waals surface area contributed by atoms with E-state index in [0.717, 1.165) is 43.9 Å².